The molecule has 0 radical (unpaired) electrons. The molecular formula is C26H22S2. The Labute approximate surface area is 176 Å². The van der Waals surface area contributed by atoms with Gasteiger partial charge in [-0.3, -0.25) is 0 Å². The van der Waals surface area contributed by atoms with E-state index in [9.17, 15) is 0 Å². The maximum atomic E-state index is 2.26. The van der Waals surface area contributed by atoms with Crippen LogP contribution in [0, 0.1) is 0 Å². The van der Waals surface area contributed by atoms with E-state index in [1.165, 1.54) is 32.0 Å². The minimum absolute atomic E-state index is 0.976. The molecule has 0 aliphatic heterocycles. The Bertz CT molecular complexity index is 996. The molecule has 2 heteroatoms. The van der Waals surface area contributed by atoms with Crippen LogP contribution in [0.5, 0.6) is 0 Å². The Morgan fingerprint density at radius 1 is 0.464 bits per heavy atom. The van der Waals surface area contributed by atoms with Crippen LogP contribution in [0.25, 0.3) is 11.1 Å². The molecule has 0 aliphatic carbocycles. The lowest BCUT2D eigenvalue weighted by Crippen LogP contribution is -1.89. The number of hydrogen-bond donors (Lipinski definition) is 0. The molecule has 138 valence electrons. The molecule has 4 aromatic carbocycles. The van der Waals surface area contributed by atoms with E-state index in [0.29, 0.717) is 0 Å². The zero-order valence-corrected chi connectivity index (χ0v) is 17.3. The number of hydrogen-bond acceptors (Lipinski definition) is 2. The van der Waals surface area contributed by atoms with E-state index in [2.05, 4.69) is 109 Å². The standard InChI is InChI=1S/C26H22S2/c1-4-11-21(12-5-1)19-27-25-18-10-17-24(23-15-8-3-9-16-23)26(25)28-20-22-13-6-2-7-14-22/h1-18H,19-20H2. The second kappa shape index (κ2) is 9.68. The van der Waals surface area contributed by atoms with E-state index < -0.39 is 0 Å². The first kappa shape index (κ1) is 18.9. The van der Waals surface area contributed by atoms with Crippen LogP contribution < -0.4 is 0 Å². The van der Waals surface area contributed by atoms with Crippen LogP contribution in [0.15, 0.2) is 119 Å². The minimum Gasteiger partial charge on any atom is -0.120 e. The van der Waals surface area contributed by atoms with E-state index in [4.69, 9.17) is 0 Å². The van der Waals surface area contributed by atoms with Crippen molar-refractivity contribution in [2.45, 2.75) is 21.3 Å². The molecule has 4 rings (SSSR count). The Hall–Kier alpha value is -2.42. The molecule has 0 aliphatic rings. The highest BCUT2D eigenvalue weighted by Gasteiger charge is 2.12. The highest BCUT2D eigenvalue weighted by atomic mass is 32.2. The van der Waals surface area contributed by atoms with E-state index >= 15 is 0 Å². The Kier molecular flexibility index (Phi) is 6.54. The van der Waals surface area contributed by atoms with Crippen LogP contribution in [-0.2, 0) is 11.5 Å². The highest BCUT2D eigenvalue weighted by molar-refractivity contribution is 8.01. The third kappa shape index (κ3) is 4.89. The second-order valence-corrected chi connectivity index (χ2v) is 8.55. The van der Waals surface area contributed by atoms with Crippen molar-refractivity contribution in [3.63, 3.8) is 0 Å². The van der Waals surface area contributed by atoms with Crippen LogP contribution in [0.1, 0.15) is 11.1 Å². The molecule has 0 unspecified atom stereocenters. The van der Waals surface area contributed by atoms with Crippen molar-refractivity contribution in [2.24, 2.45) is 0 Å². The molecule has 0 fully saturated rings. The number of rotatable bonds is 7. The van der Waals surface area contributed by atoms with Gasteiger partial charge >= 0.3 is 0 Å². The van der Waals surface area contributed by atoms with Gasteiger partial charge in [0.1, 0.15) is 0 Å². The summed E-state index contributed by atoms with van der Waals surface area (Å²) in [5.74, 6) is 1.96. The van der Waals surface area contributed by atoms with Gasteiger partial charge in [-0.25, -0.2) is 0 Å². The van der Waals surface area contributed by atoms with Gasteiger partial charge in [0, 0.05) is 21.3 Å². The van der Waals surface area contributed by atoms with E-state index in [1.54, 1.807) is 0 Å². The lowest BCUT2D eigenvalue weighted by molar-refractivity contribution is 1.23. The van der Waals surface area contributed by atoms with Gasteiger partial charge in [0.2, 0.25) is 0 Å². The average molecular weight is 399 g/mol. The Morgan fingerprint density at radius 3 is 1.61 bits per heavy atom. The molecule has 0 saturated carbocycles. The summed E-state index contributed by atoms with van der Waals surface area (Å²) in [5.41, 5.74) is 5.31. The van der Waals surface area contributed by atoms with Crippen molar-refractivity contribution in [3.05, 3.63) is 120 Å². The Morgan fingerprint density at radius 2 is 1.00 bits per heavy atom. The van der Waals surface area contributed by atoms with Gasteiger partial charge in [0.25, 0.3) is 0 Å². The molecule has 0 N–H and O–H groups in total. The van der Waals surface area contributed by atoms with E-state index in [0.717, 1.165) is 11.5 Å². The fourth-order valence-corrected chi connectivity index (χ4v) is 5.43. The first-order valence-electron chi connectivity index (χ1n) is 9.42. The van der Waals surface area contributed by atoms with E-state index in [-0.39, 0.29) is 0 Å². The van der Waals surface area contributed by atoms with Gasteiger partial charge in [-0.15, -0.1) is 23.5 Å². The summed E-state index contributed by atoms with van der Waals surface area (Å²) in [5, 5.41) is 0. The van der Waals surface area contributed by atoms with Crippen molar-refractivity contribution in [1.29, 1.82) is 0 Å². The third-order valence-electron chi connectivity index (χ3n) is 4.53. The molecule has 0 aromatic heterocycles. The van der Waals surface area contributed by atoms with Crippen LogP contribution in [0.3, 0.4) is 0 Å². The molecule has 0 spiro atoms. The summed E-state index contributed by atoms with van der Waals surface area (Å²) in [6.07, 6.45) is 0. The fourth-order valence-electron chi connectivity index (χ4n) is 3.09. The van der Waals surface area contributed by atoms with E-state index in [1.807, 2.05) is 23.5 Å². The third-order valence-corrected chi connectivity index (χ3v) is 6.99. The van der Waals surface area contributed by atoms with Crippen LogP contribution >= 0.6 is 23.5 Å². The van der Waals surface area contributed by atoms with Gasteiger partial charge in [0.05, 0.1) is 0 Å². The van der Waals surface area contributed by atoms with Gasteiger partial charge in [-0.1, -0.05) is 103 Å². The van der Waals surface area contributed by atoms with Crippen molar-refractivity contribution in [3.8, 4) is 11.1 Å². The Balaban J connectivity index is 1.64. The normalized spacial score (nSPS) is 10.7. The van der Waals surface area contributed by atoms with Gasteiger partial charge in [0.15, 0.2) is 0 Å². The molecule has 0 bridgehead atoms. The molecule has 0 amide bonds. The monoisotopic (exact) mass is 398 g/mol. The summed E-state index contributed by atoms with van der Waals surface area (Å²) in [6, 6.07) is 38.8. The molecule has 0 atom stereocenters. The molecule has 0 nitrogen and oxygen atoms in total. The zero-order chi connectivity index (χ0) is 19.0. The van der Waals surface area contributed by atoms with Crippen LogP contribution in [0.4, 0.5) is 0 Å². The van der Waals surface area contributed by atoms with Gasteiger partial charge in [-0.05, 0) is 28.3 Å². The minimum atomic E-state index is 0.976. The predicted octanol–water partition coefficient (Wildman–Crippen LogP) is 7.94. The highest BCUT2D eigenvalue weighted by Crippen LogP contribution is 2.41. The van der Waals surface area contributed by atoms with Crippen molar-refractivity contribution in [2.75, 3.05) is 0 Å². The first-order valence-corrected chi connectivity index (χ1v) is 11.4. The summed E-state index contributed by atoms with van der Waals surface area (Å²) in [6.45, 7) is 0. The number of thioether (sulfide) groups is 2. The van der Waals surface area contributed by atoms with Gasteiger partial charge in [-0.2, -0.15) is 0 Å². The SMILES string of the molecule is c1ccc(CSc2cccc(-c3ccccc3)c2SCc2ccccc2)cc1. The molecule has 0 heterocycles. The zero-order valence-electron chi connectivity index (χ0n) is 15.6. The van der Waals surface area contributed by atoms with Crippen molar-refractivity contribution >= 4 is 23.5 Å². The lowest BCUT2D eigenvalue weighted by atomic mass is 10.1. The maximum Gasteiger partial charge on any atom is 0.0290 e. The molecule has 4 aromatic rings. The predicted molar refractivity (Wildman–Crippen MR) is 124 cm³/mol. The first-order chi connectivity index (χ1) is 13.9. The molecule has 0 saturated heterocycles. The quantitative estimate of drug-likeness (QED) is 0.290. The summed E-state index contributed by atoms with van der Waals surface area (Å²) < 4.78 is 0. The number of benzene rings is 4. The van der Waals surface area contributed by atoms with Crippen LogP contribution in [0.2, 0.25) is 0 Å². The van der Waals surface area contributed by atoms with Crippen LogP contribution in [-0.4, -0.2) is 0 Å². The molecular weight excluding hydrogens is 376 g/mol. The van der Waals surface area contributed by atoms with Gasteiger partial charge < -0.3 is 0 Å². The average Bonchev–Trinajstić information content (AvgIpc) is 2.78. The maximum absolute atomic E-state index is 2.26. The lowest BCUT2D eigenvalue weighted by Gasteiger charge is -2.15. The smallest absolute Gasteiger partial charge is 0.0290 e. The summed E-state index contributed by atoms with van der Waals surface area (Å²) >= 11 is 3.86. The summed E-state index contributed by atoms with van der Waals surface area (Å²) in [7, 11) is 0. The molecule has 28 heavy (non-hydrogen) atoms. The van der Waals surface area contributed by atoms with Crippen molar-refractivity contribution < 1.29 is 0 Å². The largest absolute Gasteiger partial charge is 0.120 e. The second-order valence-electron chi connectivity index (χ2n) is 6.55. The summed E-state index contributed by atoms with van der Waals surface area (Å²) in [4.78, 5) is 2.73. The fraction of sp³-hybridized carbons (Fsp3) is 0.0769. The topological polar surface area (TPSA) is 0 Å². The van der Waals surface area contributed by atoms with Crippen molar-refractivity contribution in [1.82, 2.24) is 0 Å².